The van der Waals surface area contributed by atoms with E-state index >= 15 is 0 Å². The Hall–Kier alpha value is -3.52. The third kappa shape index (κ3) is 3.82. The van der Waals surface area contributed by atoms with Crippen LogP contribution in [0, 0.1) is 0 Å². The Kier molecular flexibility index (Phi) is 4.99. The summed E-state index contributed by atoms with van der Waals surface area (Å²) >= 11 is 1.57. The van der Waals surface area contributed by atoms with Crippen molar-refractivity contribution in [1.82, 2.24) is 30.0 Å². The number of amides is 1. The van der Waals surface area contributed by atoms with Crippen LogP contribution < -0.4 is 5.32 Å². The summed E-state index contributed by atoms with van der Waals surface area (Å²) in [4.78, 5) is 25.3. The Morgan fingerprint density at radius 1 is 1.10 bits per heavy atom. The zero-order valence-corrected chi connectivity index (χ0v) is 18.1. The van der Waals surface area contributed by atoms with Crippen LogP contribution >= 0.6 is 11.3 Å². The summed E-state index contributed by atoms with van der Waals surface area (Å²) in [6.07, 6.45) is 0.621. The lowest BCUT2D eigenvalue weighted by molar-refractivity contribution is 0.0948. The number of nitrogens with one attached hydrogen (secondary N) is 2. The highest BCUT2D eigenvalue weighted by Crippen LogP contribution is 2.27. The Bertz CT molecular complexity index is 1310. The maximum Gasteiger partial charge on any atom is 0.271 e. The predicted octanol–water partition coefficient (Wildman–Crippen LogP) is 4.45. The highest BCUT2D eigenvalue weighted by atomic mass is 32.1. The fraction of sp³-hybridized carbons (Fsp3) is 0.217. The van der Waals surface area contributed by atoms with Gasteiger partial charge in [0, 0.05) is 13.0 Å². The largest absolute Gasteiger partial charge is 0.350 e. The molecule has 2 N–H and O–H groups in total. The van der Waals surface area contributed by atoms with Crippen LogP contribution in [-0.4, -0.2) is 37.2 Å². The molecule has 156 valence electrons. The number of carbonyl (C=O) groups excluding carboxylic acids is 1. The lowest BCUT2D eigenvalue weighted by atomic mass is 10.1. The van der Waals surface area contributed by atoms with Gasteiger partial charge in [0.15, 0.2) is 5.69 Å². The SMILES string of the molecule is CC(C)c1cc(C(=O)NCCc2nc3ccccc3[nH]2)nn1-c1nc2ccccc2s1. The molecule has 8 heteroatoms. The Morgan fingerprint density at radius 2 is 1.87 bits per heavy atom. The van der Waals surface area contributed by atoms with Gasteiger partial charge < -0.3 is 10.3 Å². The number of para-hydroxylation sites is 3. The monoisotopic (exact) mass is 430 g/mol. The lowest BCUT2D eigenvalue weighted by Gasteiger charge is -2.05. The predicted molar refractivity (Wildman–Crippen MR) is 123 cm³/mol. The molecule has 5 aromatic rings. The third-order valence-corrected chi connectivity index (χ3v) is 6.12. The first-order valence-electron chi connectivity index (χ1n) is 10.3. The molecule has 0 saturated heterocycles. The minimum Gasteiger partial charge on any atom is -0.350 e. The van der Waals surface area contributed by atoms with E-state index in [1.807, 2.05) is 54.6 Å². The van der Waals surface area contributed by atoms with E-state index in [0.717, 1.165) is 37.9 Å². The number of fused-ring (bicyclic) bond motifs is 2. The molecule has 0 saturated carbocycles. The van der Waals surface area contributed by atoms with Gasteiger partial charge in [-0.2, -0.15) is 5.10 Å². The first-order valence-corrected chi connectivity index (χ1v) is 11.1. The molecular weight excluding hydrogens is 408 g/mol. The number of hydrogen-bond donors (Lipinski definition) is 2. The maximum atomic E-state index is 12.8. The normalized spacial score (nSPS) is 11.6. The van der Waals surface area contributed by atoms with E-state index < -0.39 is 0 Å². The van der Waals surface area contributed by atoms with Gasteiger partial charge in [0.05, 0.1) is 26.9 Å². The summed E-state index contributed by atoms with van der Waals surface area (Å²) in [5, 5.41) is 8.31. The van der Waals surface area contributed by atoms with Crippen molar-refractivity contribution in [2.75, 3.05) is 6.54 Å². The molecule has 0 aliphatic carbocycles. The van der Waals surface area contributed by atoms with Crippen molar-refractivity contribution in [3.05, 3.63) is 71.8 Å². The number of aromatic nitrogens is 5. The van der Waals surface area contributed by atoms with Crippen LogP contribution in [0.15, 0.2) is 54.6 Å². The highest BCUT2D eigenvalue weighted by Gasteiger charge is 2.19. The zero-order valence-electron chi connectivity index (χ0n) is 17.3. The number of thiazole rings is 1. The average molecular weight is 431 g/mol. The first-order chi connectivity index (χ1) is 15.1. The number of H-pyrrole nitrogens is 1. The number of imidazole rings is 1. The second-order valence-corrected chi connectivity index (χ2v) is 8.70. The van der Waals surface area contributed by atoms with Crippen LogP contribution in [0.2, 0.25) is 0 Å². The van der Waals surface area contributed by atoms with Crippen molar-refractivity contribution in [2.45, 2.75) is 26.2 Å². The van der Waals surface area contributed by atoms with Crippen molar-refractivity contribution >= 4 is 38.5 Å². The van der Waals surface area contributed by atoms with Crippen molar-refractivity contribution < 1.29 is 4.79 Å². The Morgan fingerprint density at radius 3 is 2.65 bits per heavy atom. The fourth-order valence-electron chi connectivity index (χ4n) is 3.53. The maximum absolute atomic E-state index is 12.8. The van der Waals surface area contributed by atoms with Gasteiger partial charge >= 0.3 is 0 Å². The number of nitrogens with zero attached hydrogens (tertiary/aromatic N) is 4. The van der Waals surface area contributed by atoms with Gasteiger partial charge in [0.25, 0.3) is 5.91 Å². The number of rotatable bonds is 6. The number of aromatic amines is 1. The van der Waals surface area contributed by atoms with E-state index in [9.17, 15) is 4.79 Å². The topological polar surface area (TPSA) is 88.5 Å². The number of carbonyl (C=O) groups is 1. The fourth-order valence-corrected chi connectivity index (χ4v) is 4.47. The van der Waals surface area contributed by atoms with Crippen LogP contribution in [0.1, 0.15) is 41.8 Å². The van der Waals surface area contributed by atoms with E-state index in [0.29, 0.717) is 18.7 Å². The molecule has 0 fully saturated rings. The Labute approximate surface area is 183 Å². The van der Waals surface area contributed by atoms with Gasteiger partial charge in [-0.1, -0.05) is 49.4 Å². The van der Waals surface area contributed by atoms with Crippen molar-refractivity contribution in [1.29, 1.82) is 0 Å². The number of benzene rings is 2. The second-order valence-electron chi connectivity index (χ2n) is 7.69. The van der Waals surface area contributed by atoms with E-state index in [-0.39, 0.29) is 11.8 Å². The molecule has 31 heavy (non-hydrogen) atoms. The summed E-state index contributed by atoms with van der Waals surface area (Å²) in [6.45, 7) is 4.65. The standard InChI is InChI=1S/C23H22N6OS/c1-14(2)19-13-18(28-29(19)23-27-17-9-5-6-10-20(17)31-23)22(30)24-12-11-21-25-15-7-3-4-8-16(15)26-21/h3-10,13-14H,11-12H2,1-2H3,(H,24,30)(H,25,26). The molecule has 0 bridgehead atoms. The van der Waals surface area contributed by atoms with E-state index in [2.05, 4.69) is 34.2 Å². The molecule has 0 unspecified atom stereocenters. The Balaban J connectivity index is 1.33. The molecule has 0 spiro atoms. The summed E-state index contributed by atoms with van der Waals surface area (Å²) < 4.78 is 2.89. The molecule has 3 heterocycles. The summed E-state index contributed by atoms with van der Waals surface area (Å²) in [5.41, 5.74) is 4.22. The van der Waals surface area contributed by atoms with Crippen LogP contribution in [-0.2, 0) is 6.42 Å². The summed E-state index contributed by atoms with van der Waals surface area (Å²) in [7, 11) is 0. The first kappa shape index (κ1) is 19.4. The molecule has 1 amide bonds. The van der Waals surface area contributed by atoms with Crippen LogP contribution in [0.3, 0.4) is 0 Å². The van der Waals surface area contributed by atoms with Crippen LogP contribution in [0.25, 0.3) is 26.4 Å². The van der Waals surface area contributed by atoms with Crippen LogP contribution in [0.4, 0.5) is 0 Å². The van der Waals surface area contributed by atoms with Crippen molar-refractivity contribution in [3.63, 3.8) is 0 Å². The van der Waals surface area contributed by atoms with Gasteiger partial charge in [0.1, 0.15) is 5.82 Å². The minimum absolute atomic E-state index is 0.196. The van der Waals surface area contributed by atoms with Gasteiger partial charge in [0.2, 0.25) is 5.13 Å². The van der Waals surface area contributed by atoms with E-state index in [4.69, 9.17) is 4.98 Å². The molecular formula is C23H22N6OS. The van der Waals surface area contributed by atoms with Crippen LogP contribution in [0.5, 0.6) is 0 Å². The zero-order chi connectivity index (χ0) is 21.4. The molecule has 0 radical (unpaired) electrons. The summed E-state index contributed by atoms with van der Waals surface area (Å²) in [5.74, 6) is 0.860. The molecule has 0 atom stereocenters. The van der Waals surface area contributed by atoms with E-state index in [1.54, 1.807) is 16.0 Å². The highest BCUT2D eigenvalue weighted by molar-refractivity contribution is 7.20. The third-order valence-electron chi connectivity index (χ3n) is 5.11. The summed E-state index contributed by atoms with van der Waals surface area (Å²) in [6, 6.07) is 17.7. The minimum atomic E-state index is -0.196. The van der Waals surface area contributed by atoms with Gasteiger partial charge in [-0.15, -0.1) is 0 Å². The van der Waals surface area contributed by atoms with Gasteiger partial charge in [-0.25, -0.2) is 14.6 Å². The molecule has 5 rings (SSSR count). The average Bonchev–Trinajstić information content (AvgIpc) is 3.48. The molecule has 2 aromatic carbocycles. The quantitative estimate of drug-likeness (QED) is 0.416. The molecule has 0 aliphatic heterocycles. The number of hydrogen-bond acceptors (Lipinski definition) is 5. The van der Waals surface area contributed by atoms with Crippen molar-refractivity contribution in [3.8, 4) is 5.13 Å². The molecule has 0 aliphatic rings. The van der Waals surface area contributed by atoms with E-state index in [1.165, 1.54) is 0 Å². The molecule has 3 aromatic heterocycles. The lowest BCUT2D eigenvalue weighted by Crippen LogP contribution is -2.26. The molecule has 7 nitrogen and oxygen atoms in total. The smallest absolute Gasteiger partial charge is 0.271 e. The second kappa shape index (κ2) is 7.96. The van der Waals surface area contributed by atoms with Gasteiger partial charge in [-0.3, -0.25) is 4.79 Å². The van der Waals surface area contributed by atoms with Crippen molar-refractivity contribution in [2.24, 2.45) is 0 Å². The van der Waals surface area contributed by atoms with Gasteiger partial charge in [-0.05, 0) is 36.2 Å².